The molecule has 0 radical (unpaired) electrons. The van der Waals surface area contributed by atoms with Crippen molar-refractivity contribution >= 4 is 11.3 Å². The van der Waals surface area contributed by atoms with Crippen molar-refractivity contribution in [1.82, 2.24) is 0 Å². The van der Waals surface area contributed by atoms with E-state index in [1.807, 2.05) is 0 Å². The van der Waals surface area contributed by atoms with Gasteiger partial charge in [0.15, 0.2) is 0 Å². The van der Waals surface area contributed by atoms with E-state index in [0.717, 1.165) is 24.1 Å². The van der Waals surface area contributed by atoms with Crippen LogP contribution in [-0.2, 0) is 12.6 Å². The van der Waals surface area contributed by atoms with E-state index in [-0.39, 0.29) is 5.54 Å². The summed E-state index contributed by atoms with van der Waals surface area (Å²) in [6.07, 6.45) is -0.744. The van der Waals surface area contributed by atoms with E-state index in [1.165, 1.54) is 22.8 Å². The van der Waals surface area contributed by atoms with E-state index in [2.05, 4.69) is 0 Å². The predicted molar refractivity (Wildman–Crippen MR) is 53.8 cm³/mol. The highest BCUT2D eigenvalue weighted by atomic mass is 32.1. The van der Waals surface area contributed by atoms with Gasteiger partial charge in [-0.15, -0.1) is 11.3 Å². The molecular formula is C10H12F3NS. The predicted octanol–water partition coefficient (Wildman–Crippen LogP) is 3.19. The highest BCUT2D eigenvalue weighted by Crippen LogP contribution is 2.38. The number of hydrogen-bond acceptors (Lipinski definition) is 2. The van der Waals surface area contributed by atoms with E-state index in [1.54, 1.807) is 0 Å². The van der Waals surface area contributed by atoms with Crippen molar-refractivity contribution in [2.24, 2.45) is 5.73 Å². The van der Waals surface area contributed by atoms with Crippen molar-refractivity contribution in [2.45, 2.75) is 37.4 Å². The van der Waals surface area contributed by atoms with Crippen LogP contribution in [0.1, 0.15) is 29.7 Å². The van der Waals surface area contributed by atoms with E-state index in [4.69, 9.17) is 5.73 Å². The molecule has 0 aliphatic heterocycles. The summed E-state index contributed by atoms with van der Waals surface area (Å²) in [5, 5.41) is 1.17. The Morgan fingerprint density at radius 2 is 2.07 bits per heavy atom. The van der Waals surface area contributed by atoms with Crippen LogP contribution in [0, 0.1) is 0 Å². The summed E-state index contributed by atoms with van der Waals surface area (Å²) in [4.78, 5) is 0.777. The largest absolute Gasteiger partial charge is 0.417 e. The average Bonchev–Trinajstić information content (AvgIpc) is 2.66. The Kier molecular flexibility index (Phi) is 2.55. The van der Waals surface area contributed by atoms with Gasteiger partial charge in [0.2, 0.25) is 0 Å². The molecule has 0 spiro atoms. The Balaban J connectivity index is 1.95. The lowest BCUT2D eigenvalue weighted by Gasteiger charge is -2.05. The average molecular weight is 235 g/mol. The normalized spacial score (nSPS) is 19.2. The Labute approximate surface area is 90.1 Å². The third kappa shape index (κ3) is 2.72. The summed E-state index contributed by atoms with van der Waals surface area (Å²) in [5.41, 5.74) is 5.25. The standard InChI is InChI=1S/C10H12F3NS/c11-10(12,13)7-5-8(15-6-7)1-2-9(14)3-4-9/h5-6H,1-4,14H2. The molecule has 0 bridgehead atoms. The van der Waals surface area contributed by atoms with Crippen molar-refractivity contribution < 1.29 is 13.2 Å². The van der Waals surface area contributed by atoms with Gasteiger partial charge in [-0.1, -0.05) is 0 Å². The van der Waals surface area contributed by atoms with Crippen molar-refractivity contribution in [2.75, 3.05) is 0 Å². The molecule has 1 heterocycles. The minimum absolute atomic E-state index is 0.0810. The molecule has 0 unspecified atom stereocenters. The lowest BCUT2D eigenvalue weighted by atomic mass is 10.1. The number of halogens is 3. The first-order chi connectivity index (χ1) is 6.89. The molecule has 1 saturated carbocycles. The number of alkyl halides is 3. The lowest BCUT2D eigenvalue weighted by molar-refractivity contribution is -0.137. The molecule has 84 valence electrons. The Bertz CT molecular complexity index is 352. The third-order valence-corrected chi connectivity index (χ3v) is 3.74. The second-order valence-corrected chi connectivity index (χ2v) is 5.16. The molecule has 0 amide bonds. The molecule has 1 fully saturated rings. The van der Waals surface area contributed by atoms with Gasteiger partial charge >= 0.3 is 6.18 Å². The first kappa shape index (κ1) is 11.0. The number of rotatable bonds is 3. The zero-order chi connectivity index (χ0) is 11.1. The molecule has 0 atom stereocenters. The van der Waals surface area contributed by atoms with Gasteiger partial charge in [0.1, 0.15) is 0 Å². The van der Waals surface area contributed by atoms with Gasteiger partial charge in [-0.3, -0.25) is 0 Å². The number of thiophene rings is 1. The van der Waals surface area contributed by atoms with Crippen LogP contribution in [0.2, 0.25) is 0 Å². The van der Waals surface area contributed by atoms with Crippen LogP contribution in [-0.4, -0.2) is 5.54 Å². The molecule has 15 heavy (non-hydrogen) atoms. The molecule has 1 aromatic heterocycles. The van der Waals surface area contributed by atoms with Crippen LogP contribution >= 0.6 is 11.3 Å². The molecule has 1 aromatic rings. The maximum atomic E-state index is 12.3. The summed E-state index contributed by atoms with van der Waals surface area (Å²) >= 11 is 1.17. The summed E-state index contributed by atoms with van der Waals surface area (Å²) in [7, 11) is 0. The summed E-state index contributed by atoms with van der Waals surface area (Å²) in [5.74, 6) is 0. The van der Waals surface area contributed by atoms with Crippen molar-refractivity contribution in [3.63, 3.8) is 0 Å². The molecule has 1 aliphatic rings. The molecule has 0 saturated heterocycles. The third-order valence-electron chi connectivity index (χ3n) is 2.74. The van der Waals surface area contributed by atoms with Crippen LogP contribution in [0.4, 0.5) is 13.2 Å². The minimum atomic E-state index is -4.21. The zero-order valence-corrected chi connectivity index (χ0v) is 8.92. The van der Waals surface area contributed by atoms with Gasteiger partial charge in [-0.25, -0.2) is 0 Å². The maximum Gasteiger partial charge on any atom is 0.417 e. The van der Waals surface area contributed by atoms with Crippen molar-refractivity contribution in [3.8, 4) is 0 Å². The maximum absolute atomic E-state index is 12.3. The van der Waals surface area contributed by atoms with E-state index in [0.29, 0.717) is 6.42 Å². The number of aryl methyl sites for hydroxylation is 1. The molecule has 5 heteroatoms. The van der Waals surface area contributed by atoms with Crippen molar-refractivity contribution in [1.29, 1.82) is 0 Å². The molecular weight excluding hydrogens is 223 g/mol. The van der Waals surface area contributed by atoms with Gasteiger partial charge in [-0.2, -0.15) is 13.2 Å². The minimum Gasteiger partial charge on any atom is -0.325 e. The highest BCUT2D eigenvalue weighted by molar-refractivity contribution is 7.10. The topological polar surface area (TPSA) is 26.0 Å². The fourth-order valence-electron chi connectivity index (χ4n) is 1.44. The first-order valence-corrected chi connectivity index (χ1v) is 5.71. The fourth-order valence-corrected chi connectivity index (χ4v) is 2.34. The Hall–Kier alpha value is -0.550. The summed E-state index contributed by atoms with van der Waals surface area (Å²) < 4.78 is 36.8. The van der Waals surface area contributed by atoms with Gasteiger partial charge < -0.3 is 5.73 Å². The van der Waals surface area contributed by atoms with Crippen LogP contribution in [0.15, 0.2) is 11.4 Å². The quantitative estimate of drug-likeness (QED) is 0.855. The van der Waals surface area contributed by atoms with Gasteiger partial charge in [0.05, 0.1) is 5.56 Å². The van der Waals surface area contributed by atoms with E-state index >= 15 is 0 Å². The summed E-state index contributed by atoms with van der Waals surface area (Å²) in [6.45, 7) is 0. The van der Waals surface area contributed by atoms with E-state index < -0.39 is 11.7 Å². The lowest BCUT2D eigenvalue weighted by Crippen LogP contribution is -2.21. The van der Waals surface area contributed by atoms with Crippen LogP contribution in [0.25, 0.3) is 0 Å². The van der Waals surface area contributed by atoms with E-state index in [9.17, 15) is 13.2 Å². The van der Waals surface area contributed by atoms with Gasteiger partial charge in [-0.05, 0) is 31.7 Å². The second-order valence-electron chi connectivity index (χ2n) is 4.16. The first-order valence-electron chi connectivity index (χ1n) is 4.83. The van der Waals surface area contributed by atoms with Gasteiger partial charge in [0.25, 0.3) is 0 Å². The summed E-state index contributed by atoms with van der Waals surface area (Å²) in [6, 6.07) is 1.23. The van der Waals surface area contributed by atoms with Gasteiger partial charge in [0, 0.05) is 15.8 Å². The molecule has 2 rings (SSSR count). The SMILES string of the molecule is NC1(CCc2cc(C(F)(F)F)cs2)CC1. The van der Waals surface area contributed by atoms with Crippen LogP contribution < -0.4 is 5.73 Å². The molecule has 0 aromatic carbocycles. The zero-order valence-electron chi connectivity index (χ0n) is 8.10. The second kappa shape index (κ2) is 3.49. The number of hydrogen-bond donors (Lipinski definition) is 1. The Morgan fingerprint density at radius 1 is 1.40 bits per heavy atom. The molecule has 1 aliphatic carbocycles. The molecule has 2 N–H and O–H groups in total. The van der Waals surface area contributed by atoms with Crippen LogP contribution in [0.5, 0.6) is 0 Å². The van der Waals surface area contributed by atoms with Crippen molar-refractivity contribution in [3.05, 3.63) is 21.9 Å². The number of nitrogens with two attached hydrogens (primary N) is 1. The smallest absolute Gasteiger partial charge is 0.325 e. The monoisotopic (exact) mass is 235 g/mol. The fraction of sp³-hybridized carbons (Fsp3) is 0.600. The Morgan fingerprint density at radius 3 is 2.53 bits per heavy atom. The highest BCUT2D eigenvalue weighted by Gasteiger charge is 2.37. The molecule has 1 nitrogen and oxygen atoms in total. The van der Waals surface area contributed by atoms with Crippen LogP contribution in [0.3, 0.4) is 0 Å².